The minimum atomic E-state index is -0.838. The average Bonchev–Trinajstić information content (AvgIpc) is 3.35. The Kier molecular flexibility index (Phi) is 6.41. The molecule has 5 aromatic rings. The van der Waals surface area contributed by atoms with Crippen molar-refractivity contribution in [1.29, 1.82) is 0 Å². The maximum Gasteiger partial charge on any atom is 0.182 e. The molecule has 7 heteroatoms. The van der Waals surface area contributed by atoms with Crippen LogP contribution in [0, 0.1) is 0 Å². The fraction of sp³-hybridized carbons (Fsp3) is 0.0714. The number of hydrogen-bond acceptors (Lipinski definition) is 5. The van der Waals surface area contributed by atoms with E-state index in [-0.39, 0.29) is 0 Å². The van der Waals surface area contributed by atoms with Crippen molar-refractivity contribution in [2.45, 2.75) is 5.54 Å². The Bertz CT molecular complexity index is 1400. The van der Waals surface area contributed by atoms with Gasteiger partial charge in [0, 0.05) is 16.2 Å². The molecule has 0 unspecified atom stereocenters. The van der Waals surface area contributed by atoms with Gasteiger partial charge >= 0.3 is 0 Å². The molecule has 0 fully saturated rings. The highest BCUT2D eigenvalue weighted by Gasteiger charge is 2.41. The van der Waals surface area contributed by atoms with E-state index in [1.807, 2.05) is 72.4 Å². The van der Waals surface area contributed by atoms with Crippen LogP contribution < -0.4 is 5.32 Å². The second-order valence-electron chi connectivity index (χ2n) is 7.94. The van der Waals surface area contributed by atoms with E-state index in [4.69, 9.17) is 10.2 Å². The van der Waals surface area contributed by atoms with Crippen molar-refractivity contribution in [3.8, 4) is 0 Å². The molecular formula is C28H22IN5O. The van der Waals surface area contributed by atoms with Crippen molar-refractivity contribution < 1.29 is 4.79 Å². The number of anilines is 1. The number of aromatic nitrogens is 4. The molecule has 0 atom stereocenters. The van der Waals surface area contributed by atoms with Crippen LogP contribution in [0.15, 0.2) is 103 Å². The summed E-state index contributed by atoms with van der Waals surface area (Å²) in [6, 6.07) is 32.7. The molecule has 35 heavy (non-hydrogen) atoms. The lowest BCUT2D eigenvalue weighted by Gasteiger charge is -2.36. The number of allylic oxidation sites excluding steroid dienone is 1. The van der Waals surface area contributed by atoms with Crippen LogP contribution in [0.25, 0.3) is 14.7 Å². The zero-order chi connectivity index (χ0) is 24.3. The third kappa shape index (κ3) is 3.91. The van der Waals surface area contributed by atoms with Crippen LogP contribution >= 0.6 is 22.6 Å². The first-order valence-electron chi connectivity index (χ1n) is 11.1. The van der Waals surface area contributed by atoms with Crippen LogP contribution in [0.4, 0.5) is 5.82 Å². The Balaban J connectivity index is 1.96. The van der Waals surface area contributed by atoms with E-state index in [0.29, 0.717) is 17.0 Å². The molecule has 3 aromatic carbocycles. The normalized spacial score (nSPS) is 12.0. The van der Waals surface area contributed by atoms with Gasteiger partial charge in [0.05, 0.1) is 0 Å². The van der Waals surface area contributed by atoms with Gasteiger partial charge in [0.25, 0.3) is 0 Å². The fourth-order valence-electron chi connectivity index (χ4n) is 4.49. The SMILES string of the molecule is CNc1cc(/C(I)=C/C=O)c2nnn(C(c3ccccc3)(c3ccccc3)c3ccccc3)c2n1. The topological polar surface area (TPSA) is 72.7 Å². The summed E-state index contributed by atoms with van der Waals surface area (Å²) in [6.07, 6.45) is 2.30. The van der Waals surface area contributed by atoms with E-state index in [1.54, 1.807) is 0 Å². The lowest BCUT2D eigenvalue weighted by atomic mass is 9.77. The maximum absolute atomic E-state index is 11.2. The molecule has 0 bridgehead atoms. The fourth-order valence-corrected chi connectivity index (χ4v) is 5.05. The Morgan fingerprint density at radius 3 is 1.86 bits per heavy atom. The van der Waals surface area contributed by atoms with E-state index in [2.05, 4.69) is 69.4 Å². The van der Waals surface area contributed by atoms with Crippen LogP contribution in [0.5, 0.6) is 0 Å². The molecule has 0 saturated carbocycles. The van der Waals surface area contributed by atoms with Crippen LogP contribution in [0.2, 0.25) is 0 Å². The Morgan fingerprint density at radius 1 is 0.886 bits per heavy atom. The number of carbonyl (C=O) groups excluding carboxylic acids is 1. The standard InChI is InChI=1S/C28H22IN5O/c1-30-25-19-23(24(29)17-18-35)26-27(31-25)34(33-32-26)28(20-11-5-2-6-12-20,21-13-7-3-8-14-21)22-15-9-4-10-16-22/h2-19H,1H3,(H,30,31)/b24-17-. The van der Waals surface area contributed by atoms with Gasteiger partial charge in [-0.2, -0.15) is 0 Å². The number of nitrogens with one attached hydrogen (secondary N) is 1. The van der Waals surface area contributed by atoms with Gasteiger partial charge < -0.3 is 5.32 Å². The highest BCUT2D eigenvalue weighted by molar-refractivity contribution is 14.1. The summed E-state index contributed by atoms with van der Waals surface area (Å²) in [4.78, 5) is 16.2. The van der Waals surface area contributed by atoms with Crippen molar-refractivity contribution in [2.75, 3.05) is 12.4 Å². The first-order valence-corrected chi connectivity index (χ1v) is 12.2. The molecule has 0 amide bonds. The summed E-state index contributed by atoms with van der Waals surface area (Å²) in [5.74, 6) is 0.660. The minimum absolute atomic E-state index is 0.608. The summed E-state index contributed by atoms with van der Waals surface area (Å²) < 4.78 is 2.66. The summed E-state index contributed by atoms with van der Waals surface area (Å²) in [5, 5.41) is 12.5. The van der Waals surface area contributed by atoms with Gasteiger partial charge in [0.15, 0.2) is 5.65 Å². The maximum atomic E-state index is 11.2. The molecular weight excluding hydrogens is 549 g/mol. The van der Waals surface area contributed by atoms with Gasteiger partial charge in [0.2, 0.25) is 0 Å². The van der Waals surface area contributed by atoms with Gasteiger partial charge in [0.1, 0.15) is 23.2 Å². The van der Waals surface area contributed by atoms with Gasteiger partial charge in [-0.05, 0) is 51.4 Å². The summed E-state index contributed by atoms with van der Waals surface area (Å²) >= 11 is 2.15. The number of aldehydes is 1. The predicted octanol–water partition coefficient (Wildman–Crippen LogP) is 5.68. The number of fused-ring (bicyclic) bond motifs is 1. The van der Waals surface area contributed by atoms with E-state index in [0.717, 1.165) is 32.1 Å². The van der Waals surface area contributed by atoms with Crippen molar-refractivity contribution >= 4 is 49.4 Å². The molecule has 0 radical (unpaired) electrons. The second-order valence-corrected chi connectivity index (χ2v) is 9.10. The van der Waals surface area contributed by atoms with E-state index in [1.165, 1.54) is 6.08 Å². The van der Waals surface area contributed by atoms with Gasteiger partial charge in [-0.15, -0.1) is 5.10 Å². The van der Waals surface area contributed by atoms with Crippen molar-refractivity contribution in [2.24, 2.45) is 0 Å². The third-order valence-electron chi connectivity index (χ3n) is 6.03. The number of pyridine rings is 1. The molecule has 1 N–H and O–H groups in total. The third-order valence-corrected chi connectivity index (χ3v) is 6.97. The quantitative estimate of drug-likeness (QED) is 0.118. The van der Waals surface area contributed by atoms with Crippen LogP contribution in [-0.4, -0.2) is 33.3 Å². The molecule has 6 nitrogen and oxygen atoms in total. The zero-order valence-electron chi connectivity index (χ0n) is 19.0. The molecule has 5 rings (SSSR count). The summed E-state index contributed by atoms with van der Waals surface area (Å²) in [7, 11) is 1.82. The lowest BCUT2D eigenvalue weighted by Crippen LogP contribution is -2.38. The monoisotopic (exact) mass is 571 g/mol. The highest BCUT2D eigenvalue weighted by atomic mass is 127. The largest absolute Gasteiger partial charge is 0.373 e. The van der Waals surface area contributed by atoms with Crippen molar-refractivity contribution in [3.63, 3.8) is 0 Å². The Hall–Kier alpha value is -3.85. The van der Waals surface area contributed by atoms with E-state index >= 15 is 0 Å². The van der Waals surface area contributed by atoms with Crippen LogP contribution in [0.1, 0.15) is 22.3 Å². The van der Waals surface area contributed by atoms with Crippen LogP contribution in [-0.2, 0) is 10.3 Å². The number of halogens is 1. The summed E-state index contributed by atoms with van der Waals surface area (Å²) in [6.45, 7) is 0. The number of benzene rings is 3. The molecule has 0 spiro atoms. The number of nitrogens with zero attached hydrogens (tertiary/aromatic N) is 4. The van der Waals surface area contributed by atoms with Crippen molar-refractivity contribution in [1.82, 2.24) is 20.0 Å². The number of carbonyl (C=O) groups is 1. The highest BCUT2D eigenvalue weighted by Crippen LogP contribution is 2.42. The Morgan fingerprint density at radius 2 is 1.40 bits per heavy atom. The molecule has 2 aromatic heterocycles. The molecule has 0 aliphatic heterocycles. The summed E-state index contributed by atoms with van der Waals surface area (Å²) in [5.41, 5.74) is 4.27. The molecule has 0 saturated heterocycles. The van der Waals surface area contributed by atoms with Gasteiger partial charge in [-0.25, -0.2) is 9.67 Å². The van der Waals surface area contributed by atoms with Gasteiger partial charge in [-0.1, -0.05) is 96.2 Å². The van der Waals surface area contributed by atoms with E-state index in [9.17, 15) is 4.79 Å². The van der Waals surface area contributed by atoms with E-state index < -0.39 is 5.54 Å². The predicted molar refractivity (Wildman–Crippen MR) is 148 cm³/mol. The molecule has 0 aliphatic rings. The lowest BCUT2D eigenvalue weighted by molar-refractivity contribution is -0.104. The minimum Gasteiger partial charge on any atom is -0.373 e. The first-order chi connectivity index (χ1) is 17.2. The second kappa shape index (κ2) is 9.79. The zero-order valence-corrected chi connectivity index (χ0v) is 21.1. The average molecular weight is 571 g/mol. The Labute approximate surface area is 216 Å². The molecule has 172 valence electrons. The smallest absolute Gasteiger partial charge is 0.182 e. The number of rotatable bonds is 7. The first kappa shape index (κ1) is 22.9. The van der Waals surface area contributed by atoms with Crippen LogP contribution in [0.3, 0.4) is 0 Å². The van der Waals surface area contributed by atoms with Crippen molar-refractivity contribution in [3.05, 3.63) is 125 Å². The number of hydrogen-bond donors (Lipinski definition) is 1. The molecule has 2 heterocycles. The molecule has 0 aliphatic carbocycles. The van der Waals surface area contributed by atoms with Gasteiger partial charge in [-0.3, -0.25) is 4.79 Å².